The molecule has 1 aliphatic rings. The minimum atomic E-state index is -1.08. The second kappa shape index (κ2) is 8.45. The number of thioether (sulfide) groups is 2. The Morgan fingerprint density at radius 3 is 2.24 bits per heavy atom. The van der Waals surface area contributed by atoms with E-state index in [4.69, 9.17) is 0 Å². The zero-order valence-corrected chi connectivity index (χ0v) is 15.2. The molecule has 0 radical (unpaired) electrons. The number of carboxylic acid groups (broad SMARTS) is 1. The van der Waals surface area contributed by atoms with Gasteiger partial charge in [0, 0.05) is 5.56 Å². The van der Waals surface area contributed by atoms with Crippen LogP contribution in [0.25, 0.3) is 0 Å². The van der Waals surface area contributed by atoms with Crippen LogP contribution in [0.15, 0.2) is 54.6 Å². The van der Waals surface area contributed by atoms with Crippen LogP contribution >= 0.6 is 23.5 Å². The van der Waals surface area contributed by atoms with E-state index in [9.17, 15) is 14.7 Å². The molecule has 130 valence electrons. The summed E-state index contributed by atoms with van der Waals surface area (Å²) in [4.78, 5) is 23.9. The van der Waals surface area contributed by atoms with Gasteiger partial charge in [0.25, 0.3) is 5.91 Å². The van der Waals surface area contributed by atoms with E-state index in [1.54, 1.807) is 36.4 Å². The largest absolute Gasteiger partial charge is 0.479 e. The lowest BCUT2D eigenvalue weighted by Crippen LogP contribution is -2.33. The van der Waals surface area contributed by atoms with E-state index < -0.39 is 12.0 Å². The van der Waals surface area contributed by atoms with Crippen molar-refractivity contribution in [2.75, 3.05) is 11.5 Å². The number of carbonyl (C=O) groups excluding carboxylic acids is 1. The summed E-state index contributed by atoms with van der Waals surface area (Å²) in [5.74, 6) is 0.868. The van der Waals surface area contributed by atoms with Crippen molar-refractivity contribution in [3.8, 4) is 0 Å². The molecule has 0 bridgehead atoms. The van der Waals surface area contributed by atoms with Crippen molar-refractivity contribution in [2.24, 2.45) is 0 Å². The van der Waals surface area contributed by atoms with Gasteiger partial charge >= 0.3 is 5.97 Å². The zero-order valence-electron chi connectivity index (χ0n) is 13.6. The summed E-state index contributed by atoms with van der Waals surface area (Å²) in [5.41, 5.74) is 2.22. The van der Waals surface area contributed by atoms with E-state index >= 15 is 0 Å². The minimum absolute atomic E-state index is 0.383. The first-order valence-electron chi connectivity index (χ1n) is 8.07. The highest BCUT2D eigenvalue weighted by Crippen LogP contribution is 2.43. The third-order valence-corrected chi connectivity index (χ3v) is 6.94. The number of carbonyl (C=O) groups is 2. The Hall–Kier alpha value is -1.92. The topological polar surface area (TPSA) is 66.4 Å². The molecule has 1 atom stereocenters. The third-order valence-electron chi connectivity index (χ3n) is 3.93. The quantitative estimate of drug-likeness (QED) is 0.826. The van der Waals surface area contributed by atoms with Gasteiger partial charge in [-0.25, -0.2) is 4.79 Å². The Bertz CT molecular complexity index is 728. The van der Waals surface area contributed by atoms with Crippen molar-refractivity contribution < 1.29 is 14.7 Å². The molecule has 0 aliphatic carbocycles. The van der Waals surface area contributed by atoms with Crippen LogP contribution in [0.1, 0.15) is 38.5 Å². The normalized spacial score (nSPS) is 16.2. The van der Waals surface area contributed by atoms with Crippen LogP contribution in [0.3, 0.4) is 0 Å². The molecule has 1 amide bonds. The standard InChI is InChI=1S/C19H19NO3S2/c21-17(20-16(18(22)23)13-5-2-1-3-6-13)14-7-9-15(10-8-14)19-24-11-4-12-25-19/h1-3,5-10,16,19H,4,11-12H2,(H,20,21)(H,22,23)/t16-/m0/s1. The summed E-state index contributed by atoms with van der Waals surface area (Å²) in [6.45, 7) is 0. The third kappa shape index (κ3) is 4.58. The fourth-order valence-corrected chi connectivity index (χ4v) is 5.51. The summed E-state index contributed by atoms with van der Waals surface area (Å²) in [5, 5.41) is 12.0. The van der Waals surface area contributed by atoms with E-state index in [1.165, 1.54) is 12.0 Å². The Balaban J connectivity index is 1.70. The van der Waals surface area contributed by atoms with Crippen LogP contribution in [-0.2, 0) is 4.79 Å². The average molecular weight is 373 g/mol. The lowest BCUT2D eigenvalue weighted by atomic mass is 10.1. The fourth-order valence-electron chi connectivity index (χ4n) is 2.62. The second-order valence-corrected chi connectivity index (χ2v) is 8.43. The Labute approximate surface area is 155 Å². The van der Waals surface area contributed by atoms with Gasteiger partial charge in [-0.1, -0.05) is 42.5 Å². The van der Waals surface area contributed by atoms with Crippen LogP contribution < -0.4 is 5.32 Å². The summed E-state index contributed by atoms with van der Waals surface area (Å²) >= 11 is 3.85. The van der Waals surface area contributed by atoms with Crippen LogP contribution in [0, 0.1) is 0 Å². The molecular formula is C19H19NO3S2. The van der Waals surface area contributed by atoms with Crippen LogP contribution in [0.2, 0.25) is 0 Å². The minimum Gasteiger partial charge on any atom is -0.479 e. The lowest BCUT2D eigenvalue weighted by molar-refractivity contribution is -0.139. The average Bonchev–Trinajstić information content (AvgIpc) is 2.67. The molecule has 2 aromatic rings. The first-order chi connectivity index (χ1) is 12.1. The van der Waals surface area contributed by atoms with Gasteiger partial charge in [-0.15, -0.1) is 23.5 Å². The molecule has 0 unspecified atom stereocenters. The smallest absolute Gasteiger partial charge is 0.330 e. The highest BCUT2D eigenvalue weighted by atomic mass is 32.2. The number of hydrogen-bond donors (Lipinski definition) is 2. The molecule has 6 heteroatoms. The number of aliphatic carboxylic acids is 1. The number of amides is 1. The molecule has 0 spiro atoms. The number of nitrogens with one attached hydrogen (secondary N) is 1. The molecule has 1 aliphatic heterocycles. The molecule has 2 aromatic carbocycles. The summed E-state index contributed by atoms with van der Waals surface area (Å²) in [6, 6.07) is 15.1. The Morgan fingerprint density at radius 2 is 1.64 bits per heavy atom. The maximum Gasteiger partial charge on any atom is 0.330 e. The van der Waals surface area contributed by atoms with Crippen LogP contribution in [-0.4, -0.2) is 28.5 Å². The van der Waals surface area contributed by atoms with Crippen molar-refractivity contribution in [1.82, 2.24) is 5.32 Å². The molecule has 0 aromatic heterocycles. The van der Waals surface area contributed by atoms with Crippen molar-refractivity contribution in [3.63, 3.8) is 0 Å². The van der Waals surface area contributed by atoms with Gasteiger partial charge in [0.1, 0.15) is 0 Å². The fraction of sp³-hybridized carbons (Fsp3) is 0.263. The van der Waals surface area contributed by atoms with Gasteiger partial charge in [-0.2, -0.15) is 0 Å². The second-order valence-electron chi connectivity index (χ2n) is 5.70. The van der Waals surface area contributed by atoms with Gasteiger partial charge in [0.15, 0.2) is 6.04 Å². The highest BCUT2D eigenvalue weighted by molar-refractivity contribution is 8.16. The molecule has 3 rings (SSSR count). The molecule has 1 heterocycles. The molecule has 4 nitrogen and oxygen atoms in total. The number of carboxylic acids is 1. The van der Waals surface area contributed by atoms with Gasteiger partial charge in [0.2, 0.25) is 0 Å². The summed E-state index contributed by atoms with van der Waals surface area (Å²) < 4.78 is 0.418. The van der Waals surface area contributed by atoms with Gasteiger partial charge in [-0.3, -0.25) is 4.79 Å². The van der Waals surface area contributed by atoms with Crippen molar-refractivity contribution in [2.45, 2.75) is 17.0 Å². The van der Waals surface area contributed by atoms with E-state index in [0.717, 1.165) is 11.5 Å². The molecular weight excluding hydrogens is 354 g/mol. The van der Waals surface area contributed by atoms with E-state index in [0.29, 0.717) is 15.7 Å². The molecule has 25 heavy (non-hydrogen) atoms. The van der Waals surface area contributed by atoms with Crippen molar-refractivity contribution in [1.29, 1.82) is 0 Å². The van der Waals surface area contributed by atoms with Crippen molar-refractivity contribution in [3.05, 3.63) is 71.3 Å². The SMILES string of the molecule is O=C(N[C@H](C(=O)O)c1ccccc1)c1ccc(C2SCCCS2)cc1. The molecule has 2 N–H and O–H groups in total. The van der Waals surface area contributed by atoms with Gasteiger partial charge in [-0.05, 0) is 41.2 Å². The maximum absolute atomic E-state index is 12.4. The molecule has 0 saturated carbocycles. The number of rotatable bonds is 5. The Morgan fingerprint density at radius 1 is 1.00 bits per heavy atom. The van der Waals surface area contributed by atoms with Gasteiger partial charge < -0.3 is 10.4 Å². The zero-order chi connectivity index (χ0) is 17.6. The highest BCUT2D eigenvalue weighted by Gasteiger charge is 2.23. The van der Waals surface area contributed by atoms with Crippen molar-refractivity contribution >= 4 is 35.4 Å². The molecule has 1 fully saturated rings. The predicted octanol–water partition coefficient (Wildman–Crippen LogP) is 4.11. The van der Waals surface area contributed by atoms with E-state index in [2.05, 4.69) is 5.32 Å². The summed E-state index contributed by atoms with van der Waals surface area (Å²) in [7, 11) is 0. The molecule has 1 saturated heterocycles. The monoisotopic (exact) mass is 373 g/mol. The lowest BCUT2D eigenvalue weighted by Gasteiger charge is -2.21. The number of benzene rings is 2. The van der Waals surface area contributed by atoms with E-state index in [1.807, 2.05) is 41.7 Å². The summed E-state index contributed by atoms with van der Waals surface area (Å²) in [6.07, 6.45) is 1.24. The predicted molar refractivity (Wildman–Crippen MR) is 103 cm³/mol. The number of hydrogen-bond acceptors (Lipinski definition) is 4. The van der Waals surface area contributed by atoms with Crippen LogP contribution in [0.5, 0.6) is 0 Å². The van der Waals surface area contributed by atoms with E-state index in [-0.39, 0.29) is 5.91 Å². The first kappa shape index (κ1) is 17.9. The maximum atomic E-state index is 12.4. The first-order valence-corrected chi connectivity index (χ1v) is 10.2. The van der Waals surface area contributed by atoms with Gasteiger partial charge in [0.05, 0.1) is 4.58 Å². The Kier molecular flexibility index (Phi) is 6.04. The van der Waals surface area contributed by atoms with Crippen LogP contribution in [0.4, 0.5) is 0 Å².